The Hall–Kier alpha value is -2.54. The normalized spacial score (nSPS) is 22.7. The average Bonchev–Trinajstić information content (AvgIpc) is 3.09. The summed E-state index contributed by atoms with van der Waals surface area (Å²) >= 11 is 0. The van der Waals surface area contributed by atoms with Crippen LogP contribution < -0.4 is 4.74 Å². The molecule has 2 fully saturated rings. The first-order valence-corrected chi connectivity index (χ1v) is 11.2. The highest BCUT2D eigenvalue weighted by Crippen LogP contribution is 2.29. The van der Waals surface area contributed by atoms with Gasteiger partial charge in [0, 0.05) is 50.2 Å². The highest BCUT2D eigenvalue weighted by molar-refractivity contribution is 5.99. The van der Waals surface area contributed by atoms with E-state index in [4.69, 9.17) is 9.15 Å². The zero-order chi connectivity index (χ0) is 22.1. The number of amides is 2. The molecule has 2 amide bonds. The van der Waals surface area contributed by atoms with Crippen LogP contribution in [0.3, 0.4) is 0 Å². The number of aryl methyl sites for hydroxylation is 1. The summed E-state index contributed by atoms with van der Waals surface area (Å²) in [6, 6.07) is 5.57. The lowest BCUT2D eigenvalue weighted by Gasteiger charge is -2.38. The van der Waals surface area contributed by atoms with Crippen molar-refractivity contribution in [3.05, 3.63) is 29.5 Å². The number of likely N-dealkylation sites (tertiary alicyclic amines) is 1. The molecular formula is C24H33N3O4. The van der Waals surface area contributed by atoms with Crippen molar-refractivity contribution in [2.75, 3.05) is 52.9 Å². The lowest BCUT2D eigenvalue weighted by molar-refractivity contribution is -0.135. The van der Waals surface area contributed by atoms with E-state index in [0.717, 1.165) is 29.8 Å². The van der Waals surface area contributed by atoms with E-state index in [-0.39, 0.29) is 11.8 Å². The van der Waals surface area contributed by atoms with Crippen LogP contribution >= 0.6 is 0 Å². The van der Waals surface area contributed by atoms with Crippen LogP contribution in [0.4, 0.5) is 0 Å². The van der Waals surface area contributed by atoms with Crippen molar-refractivity contribution in [1.29, 1.82) is 0 Å². The third-order valence-electron chi connectivity index (χ3n) is 6.58. The number of carbonyl (C=O) groups is 2. The summed E-state index contributed by atoms with van der Waals surface area (Å²) in [4.78, 5) is 31.9. The Balaban J connectivity index is 1.35. The van der Waals surface area contributed by atoms with Crippen LogP contribution in [-0.2, 0) is 4.79 Å². The van der Waals surface area contributed by atoms with Gasteiger partial charge in [-0.1, -0.05) is 13.8 Å². The number of piperidine rings is 1. The SMILES string of the molecule is COc1ccc2oc(C(=O)N3CCN(CC(=O)N4C[C@@H](C)C[C@H](C)C4)CC3)c(C)c2c1. The number of rotatable bonds is 4. The molecule has 0 unspecified atom stereocenters. The maximum atomic E-state index is 13.1. The molecule has 2 atom stereocenters. The lowest BCUT2D eigenvalue weighted by Crippen LogP contribution is -2.53. The van der Waals surface area contributed by atoms with Crippen molar-refractivity contribution in [3.8, 4) is 5.75 Å². The van der Waals surface area contributed by atoms with Crippen molar-refractivity contribution in [2.45, 2.75) is 27.2 Å². The highest BCUT2D eigenvalue weighted by Gasteiger charge is 2.30. The van der Waals surface area contributed by atoms with Crippen LogP contribution in [0.15, 0.2) is 22.6 Å². The molecule has 168 valence electrons. The number of benzene rings is 1. The molecule has 4 rings (SSSR count). The number of furan rings is 1. The number of carbonyl (C=O) groups excluding carboxylic acids is 2. The van der Waals surface area contributed by atoms with Crippen molar-refractivity contribution in [3.63, 3.8) is 0 Å². The third kappa shape index (κ3) is 4.56. The van der Waals surface area contributed by atoms with E-state index in [1.54, 1.807) is 7.11 Å². The molecule has 3 heterocycles. The quantitative estimate of drug-likeness (QED) is 0.751. The topological polar surface area (TPSA) is 66.2 Å². The number of hydrogen-bond acceptors (Lipinski definition) is 5. The zero-order valence-corrected chi connectivity index (χ0v) is 19.0. The maximum absolute atomic E-state index is 13.1. The van der Waals surface area contributed by atoms with Gasteiger partial charge in [0.15, 0.2) is 5.76 Å². The summed E-state index contributed by atoms with van der Waals surface area (Å²) in [6.07, 6.45) is 1.19. The van der Waals surface area contributed by atoms with Gasteiger partial charge in [0.1, 0.15) is 11.3 Å². The second-order valence-corrected chi connectivity index (χ2v) is 9.23. The van der Waals surface area contributed by atoms with Crippen LogP contribution in [0.1, 0.15) is 36.4 Å². The molecular weight excluding hydrogens is 394 g/mol. The molecule has 31 heavy (non-hydrogen) atoms. The summed E-state index contributed by atoms with van der Waals surface area (Å²) in [5, 5.41) is 0.900. The van der Waals surface area contributed by atoms with E-state index < -0.39 is 0 Å². The van der Waals surface area contributed by atoms with Gasteiger partial charge in [-0.3, -0.25) is 14.5 Å². The molecule has 0 bridgehead atoms. The Morgan fingerprint density at radius 1 is 1.06 bits per heavy atom. The molecule has 0 N–H and O–H groups in total. The number of hydrogen-bond donors (Lipinski definition) is 0. The van der Waals surface area contributed by atoms with E-state index in [1.807, 2.05) is 34.9 Å². The molecule has 2 aliphatic heterocycles. The summed E-state index contributed by atoms with van der Waals surface area (Å²) in [5.41, 5.74) is 1.53. The third-order valence-corrected chi connectivity index (χ3v) is 6.58. The molecule has 1 aromatic heterocycles. The van der Waals surface area contributed by atoms with Crippen molar-refractivity contribution < 1.29 is 18.7 Å². The molecule has 7 heteroatoms. The summed E-state index contributed by atoms with van der Waals surface area (Å²) in [6.45, 7) is 11.1. The minimum atomic E-state index is -0.0858. The Morgan fingerprint density at radius 3 is 2.39 bits per heavy atom. The fourth-order valence-electron chi connectivity index (χ4n) is 4.94. The smallest absolute Gasteiger partial charge is 0.289 e. The molecule has 7 nitrogen and oxygen atoms in total. The van der Waals surface area contributed by atoms with Crippen molar-refractivity contribution in [1.82, 2.24) is 14.7 Å². The number of methoxy groups -OCH3 is 1. The van der Waals surface area contributed by atoms with Gasteiger partial charge in [0.25, 0.3) is 5.91 Å². The molecule has 0 radical (unpaired) electrons. The van der Waals surface area contributed by atoms with E-state index in [9.17, 15) is 9.59 Å². The predicted octanol–water partition coefficient (Wildman–Crippen LogP) is 3.01. The Morgan fingerprint density at radius 2 is 1.74 bits per heavy atom. The summed E-state index contributed by atoms with van der Waals surface area (Å²) in [7, 11) is 1.62. The van der Waals surface area contributed by atoms with Crippen LogP contribution in [0.25, 0.3) is 11.0 Å². The van der Waals surface area contributed by atoms with Gasteiger partial charge in [-0.25, -0.2) is 0 Å². The molecule has 2 aromatic rings. The van der Waals surface area contributed by atoms with E-state index in [2.05, 4.69) is 18.7 Å². The first-order valence-electron chi connectivity index (χ1n) is 11.2. The fraction of sp³-hybridized carbons (Fsp3) is 0.583. The Labute approximate surface area is 183 Å². The number of ether oxygens (including phenoxy) is 1. The molecule has 2 aliphatic rings. The lowest BCUT2D eigenvalue weighted by atomic mass is 9.92. The second kappa shape index (κ2) is 8.91. The van der Waals surface area contributed by atoms with E-state index in [0.29, 0.717) is 55.9 Å². The second-order valence-electron chi connectivity index (χ2n) is 9.23. The van der Waals surface area contributed by atoms with Crippen molar-refractivity contribution in [2.24, 2.45) is 11.8 Å². The zero-order valence-electron chi connectivity index (χ0n) is 19.0. The summed E-state index contributed by atoms with van der Waals surface area (Å²) in [5.74, 6) is 2.39. The van der Waals surface area contributed by atoms with Gasteiger partial charge >= 0.3 is 0 Å². The molecule has 0 aliphatic carbocycles. The number of fused-ring (bicyclic) bond motifs is 1. The molecule has 0 saturated carbocycles. The Kier molecular flexibility index (Phi) is 6.23. The predicted molar refractivity (Wildman–Crippen MR) is 119 cm³/mol. The van der Waals surface area contributed by atoms with Gasteiger partial charge in [-0.15, -0.1) is 0 Å². The fourth-order valence-corrected chi connectivity index (χ4v) is 4.94. The molecule has 1 aromatic carbocycles. The number of nitrogens with zero attached hydrogens (tertiary/aromatic N) is 3. The van der Waals surface area contributed by atoms with Crippen molar-refractivity contribution >= 4 is 22.8 Å². The Bertz CT molecular complexity index is 951. The average molecular weight is 428 g/mol. The first-order chi connectivity index (χ1) is 14.9. The van der Waals surface area contributed by atoms with Crippen LogP contribution in [0, 0.1) is 18.8 Å². The minimum absolute atomic E-state index is 0.0858. The first kappa shape index (κ1) is 21.7. The summed E-state index contributed by atoms with van der Waals surface area (Å²) < 4.78 is 11.2. The van der Waals surface area contributed by atoms with Gasteiger partial charge in [0.05, 0.1) is 13.7 Å². The maximum Gasteiger partial charge on any atom is 0.289 e. The van der Waals surface area contributed by atoms with Gasteiger partial charge in [0.2, 0.25) is 5.91 Å². The van der Waals surface area contributed by atoms with Gasteiger partial charge in [-0.2, -0.15) is 0 Å². The monoisotopic (exact) mass is 427 g/mol. The number of piperazine rings is 1. The molecule has 0 spiro atoms. The van der Waals surface area contributed by atoms with E-state index in [1.165, 1.54) is 6.42 Å². The van der Waals surface area contributed by atoms with Crippen LogP contribution in [0.5, 0.6) is 5.75 Å². The van der Waals surface area contributed by atoms with Gasteiger partial charge in [-0.05, 0) is 43.4 Å². The largest absolute Gasteiger partial charge is 0.497 e. The standard InChI is InChI=1S/C24H33N3O4/c1-16-11-17(2)14-27(13-16)22(28)15-25-7-9-26(10-8-25)24(29)23-18(3)20-12-19(30-4)5-6-21(20)31-23/h5-6,12,16-17H,7-11,13-15H2,1-4H3/t16-,17-/m0/s1. The van der Waals surface area contributed by atoms with E-state index >= 15 is 0 Å². The van der Waals surface area contributed by atoms with Crippen LogP contribution in [-0.4, -0.2) is 79.4 Å². The van der Waals surface area contributed by atoms with Crippen LogP contribution in [0.2, 0.25) is 0 Å². The minimum Gasteiger partial charge on any atom is -0.497 e. The highest BCUT2D eigenvalue weighted by atomic mass is 16.5. The molecule has 2 saturated heterocycles. The van der Waals surface area contributed by atoms with Gasteiger partial charge < -0.3 is 19.0 Å².